The van der Waals surface area contributed by atoms with Crippen molar-refractivity contribution in [2.24, 2.45) is 0 Å². The number of aromatic amines is 1. The van der Waals surface area contributed by atoms with Crippen molar-refractivity contribution in [3.05, 3.63) is 75.3 Å². The number of aromatic nitrogens is 4. The number of carbonyl (C=O) groups excluding carboxylic acids is 1. The molecule has 2 heterocycles. The first-order chi connectivity index (χ1) is 13.5. The molecule has 1 fully saturated rings. The topological polar surface area (TPSA) is 92.7 Å². The predicted octanol–water partition coefficient (Wildman–Crippen LogP) is 3.10. The van der Waals surface area contributed by atoms with Gasteiger partial charge in [0.1, 0.15) is 5.82 Å². The Morgan fingerprint density at radius 1 is 1.25 bits per heavy atom. The SMILES string of the molecule is Cc1nc(-n2nc(C3CC3)cc2NC(=O)/C=C/c2ccccc2)[nH]c(=O)c1C. The lowest BCUT2D eigenvalue weighted by atomic mass is 10.2. The summed E-state index contributed by atoms with van der Waals surface area (Å²) in [5.41, 5.74) is 2.80. The van der Waals surface area contributed by atoms with E-state index in [0.717, 1.165) is 24.1 Å². The Labute approximate surface area is 162 Å². The molecule has 0 radical (unpaired) electrons. The predicted molar refractivity (Wildman–Crippen MR) is 108 cm³/mol. The molecule has 1 aliphatic carbocycles. The highest BCUT2D eigenvalue weighted by molar-refractivity contribution is 6.01. The number of hydrogen-bond acceptors (Lipinski definition) is 4. The van der Waals surface area contributed by atoms with Crippen LogP contribution in [0.3, 0.4) is 0 Å². The molecular weight excluding hydrogens is 354 g/mol. The molecule has 1 aromatic carbocycles. The van der Waals surface area contributed by atoms with Gasteiger partial charge in [-0.2, -0.15) is 9.78 Å². The van der Waals surface area contributed by atoms with Crippen molar-refractivity contribution >= 4 is 17.8 Å². The van der Waals surface area contributed by atoms with Crippen LogP contribution in [-0.4, -0.2) is 25.7 Å². The summed E-state index contributed by atoms with van der Waals surface area (Å²) in [4.78, 5) is 31.7. The third kappa shape index (κ3) is 3.78. The first kappa shape index (κ1) is 17.9. The molecular formula is C21H21N5O2. The average molecular weight is 375 g/mol. The van der Waals surface area contributed by atoms with E-state index in [4.69, 9.17) is 0 Å². The van der Waals surface area contributed by atoms with Crippen molar-refractivity contribution in [3.63, 3.8) is 0 Å². The highest BCUT2D eigenvalue weighted by atomic mass is 16.1. The van der Waals surface area contributed by atoms with Crippen LogP contribution < -0.4 is 10.9 Å². The van der Waals surface area contributed by atoms with Crippen molar-refractivity contribution in [2.45, 2.75) is 32.6 Å². The monoisotopic (exact) mass is 375 g/mol. The van der Waals surface area contributed by atoms with Crippen LogP contribution in [0.25, 0.3) is 12.0 Å². The Hall–Kier alpha value is -3.48. The van der Waals surface area contributed by atoms with Gasteiger partial charge in [0.25, 0.3) is 5.56 Å². The maximum absolute atomic E-state index is 12.4. The molecule has 1 amide bonds. The molecule has 0 unspecified atom stereocenters. The molecule has 7 nitrogen and oxygen atoms in total. The van der Waals surface area contributed by atoms with Gasteiger partial charge in [-0.25, -0.2) is 4.98 Å². The van der Waals surface area contributed by atoms with Crippen LogP contribution in [0, 0.1) is 13.8 Å². The highest BCUT2D eigenvalue weighted by Gasteiger charge is 2.28. The number of nitrogens with zero attached hydrogens (tertiary/aromatic N) is 3. The number of H-pyrrole nitrogens is 1. The van der Waals surface area contributed by atoms with Gasteiger partial charge in [-0.05, 0) is 38.3 Å². The minimum atomic E-state index is -0.279. The Kier molecular flexibility index (Phi) is 4.65. The molecule has 0 saturated heterocycles. The molecule has 28 heavy (non-hydrogen) atoms. The summed E-state index contributed by atoms with van der Waals surface area (Å²) in [6, 6.07) is 11.4. The molecule has 142 valence electrons. The zero-order chi connectivity index (χ0) is 19.7. The van der Waals surface area contributed by atoms with Crippen LogP contribution in [-0.2, 0) is 4.79 Å². The third-order valence-electron chi connectivity index (χ3n) is 4.78. The summed E-state index contributed by atoms with van der Waals surface area (Å²) in [5.74, 6) is 0.895. The second-order valence-corrected chi connectivity index (χ2v) is 6.97. The van der Waals surface area contributed by atoms with Crippen LogP contribution >= 0.6 is 0 Å². The lowest BCUT2D eigenvalue weighted by Gasteiger charge is -2.08. The molecule has 4 rings (SSSR count). The van der Waals surface area contributed by atoms with E-state index in [2.05, 4.69) is 20.4 Å². The number of amides is 1. The summed E-state index contributed by atoms with van der Waals surface area (Å²) in [5, 5.41) is 7.42. The van der Waals surface area contributed by atoms with Crippen LogP contribution in [0.4, 0.5) is 5.82 Å². The van der Waals surface area contributed by atoms with Gasteiger partial charge in [0.15, 0.2) is 0 Å². The standard InChI is InChI=1S/C21H21N5O2/c1-13-14(2)22-21(24-20(13)28)26-18(12-17(25-26)16-9-10-16)23-19(27)11-8-15-6-4-3-5-7-15/h3-8,11-12,16H,9-10H2,1-2H3,(H,23,27)(H,22,24,28)/b11-8+. The van der Waals surface area contributed by atoms with E-state index in [1.54, 1.807) is 19.9 Å². The van der Waals surface area contributed by atoms with Crippen molar-refractivity contribution in [1.29, 1.82) is 0 Å². The molecule has 1 saturated carbocycles. The van der Waals surface area contributed by atoms with E-state index < -0.39 is 0 Å². The normalized spacial score (nSPS) is 13.8. The van der Waals surface area contributed by atoms with Crippen molar-refractivity contribution < 1.29 is 4.79 Å². The second kappa shape index (κ2) is 7.26. The Morgan fingerprint density at radius 2 is 2.00 bits per heavy atom. The van der Waals surface area contributed by atoms with Crippen LogP contribution in [0.1, 0.15) is 41.3 Å². The zero-order valence-electron chi connectivity index (χ0n) is 15.8. The largest absolute Gasteiger partial charge is 0.307 e. The van der Waals surface area contributed by atoms with Gasteiger partial charge in [-0.1, -0.05) is 30.3 Å². The molecule has 7 heteroatoms. The van der Waals surface area contributed by atoms with E-state index in [9.17, 15) is 9.59 Å². The minimum absolute atomic E-state index is 0.216. The van der Waals surface area contributed by atoms with Gasteiger partial charge in [0.2, 0.25) is 11.9 Å². The number of aryl methyl sites for hydroxylation is 1. The van der Waals surface area contributed by atoms with Gasteiger partial charge in [0, 0.05) is 29.3 Å². The fourth-order valence-corrected chi connectivity index (χ4v) is 2.86. The van der Waals surface area contributed by atoms with E-state index in [0.29, 0.717) is 28.9 Å². The maximum Gasteiger partial charge on any atom is 0.255 e. The first-order valence-corrected chi connectivity index (χ1v) is 9.23. The Morgan fingerprint density at radius 3 is 2.68 bits per heavy atom. The average Bonchev–Trinajstić information content (AvgIpc) is 3.46. The molecule has 1 aliphatic rings. The van der Waals surface area contributed by atoms with E-state index in [-0.39, 0.29) is 11.5 Å². The van der Waals surface area contributed by atoms with Crippen molar-refractivity contribution in [1.82, 2.24) is 19.7 Å². The summed E-state index contributed by atoms with van der Waals surface area (Å²) in [6.45, 7) is 3.50. The maximum atomic E-state index is 12.4. The fourth-order valence-electron chi connectivity index (χ4n) is 2.86. The summed E-state index contributed by atoms with van der Waals surface area (Å²) in [7, 11) is 0. The summed E-state index contributed by atoms with van der Waals surface area (Å²) >= 11 is 0. The van der Waals surface area contributed by atoms with Gasteiger partial charge in [-0.3, -0.25) is 14.6 Å². The van der Waals surface area contributed by atoms with E-state index in [1.165, 1.54) is 10.8 Å². The Bertz CT molecular complexity index is 1110. The van der Waals surface area contributed by atoms with Gasteiger partial charge in [0.05, 0.1) is 5.69 Å². The highest BCUT2D eigenvalue weighted by Crippen LogP contribution is 2.40. The van der Waals surface area contributed by atoms with Crippen molar-refractivity contribution in [3.8, 4) is 5.95 Å². The van der Waals surface area contributed by atoms with Crippen LogP contribution in [0.5, 0.6) is 0 Å². The number of carbonyl (C=O) groups is 1. The molecule has 0 aliphatic heterocycles. The van der Waals surface area contributed by atoms with Crippen LogP contribution in [0.2, 0.25) is 0 Å². The lowest BCUT2D eigenvalue weighted by Crippen LogP contribution is -2.20. The molecule has 2 N–H and O–H groups in total. The molecule has 0 spiro atoms. The van der Waals surface area contributed by atoms with E-state index in [1.807, 2.05) is 36.4 Å². The van der Waals surface area contributed by atoms with Crippen LogP contribution in [0.15, 0.2) is 47.3 Å². The van der Waals surface area contributed by atoms with Crippen molar-refractivity contribution in [2.75, 3.05) is 5.32 Å². The summed E-state index contributed by atoms with van der Waals surface area (Å²) < 4.78 is 1.50. The number of nitrogens with one attached hydrogen (secondary N) is 2. The lowest BCUT2D eigenvalue weighted by molar-refractivity contribution is -0.111. The second-order valence-electron chi connectivity index (χ2n) is 6.97. The quantitative estimate of drug-likeness (QED) is 0.670. The molecule has 3 aromatic rings. The Balaban J connectivity index is 1.64. The van der Waals surface area contributed by atoms with Gasteiger partial charge < -0.3 is 5.32 Å². The third-order valence-corrected chi connectivity index (χ3v) is 4.78. The number of benzene rings is 1. The zero-order valence-corrected chi connectivity index (χ0v) is 15.8. The van der Waals surface area contributed by atoms with E-state index >= 15 is 0 Å². The fraction of sp³-hybridized carbons (Fsp3) is 0.238. The molecule has 0 atom stereocenters. The number of hydrogen-bond donors (Lipinski definition) is 2. The number of anilines is 1. The van der Waals surface area contributed by atoms with Gasteiger partial charge in [-0.15, -0.1) is 0 Å². The number of rotatable bonds is 5. The first-order valence-electron chi connectivity index (χ1n) is 9.23. The summed E-state index contributed by atoms with van der Waals surface area (Å²) in [6.07, 6.45) is 5.37. The smallest absolute Gasteiger partial charge is 0.255 e. The molecule has 2 aromatic heterocycles. The van der Waals surface area contributed by atoms with Gasteiger partial charge >= 0.3 is 0 Å². The molecule has 0 bridgehead atoms. The minimum Gasteiger partial charge on any atom is -0.307 e.